The number of ketones is 1. The Morgan fingerprint density at radius 2 is 1.94 bits per heavy atom. The fourth-order valence-electron chi connectivity index (χ4n) is 6.82. The van der Waals surface area contributed by atoms with E-state index in [1.807, 2.05) is 24.3 Å². The van der Waals surface area contributed by atoms with Crippen LogP contribution in [0.5, 0.6) is 17.2 Å². The van der Waals surface area contributed by atoms with E-state index in [1.54, 1.807) is 26.8 Å². The summed E-state index contributed by atoms with van der Waals surface area (Å²) in [5.74, 6) is -1.32. The van der Waals surface area contributed by atoms with Crippen molar-refractivity contribution in [2.24, 2.45) is 10.9 Å². The first-order valence-corrected chi connectivity index (χ1v) is 16.1. The molecule has 11 heteroatoms. The number of hydrogen-bond acceptors (Lipinski definition) is 11. The maximum absolute atomic E-state index is 13.8. The largest absolute Gasteiger partial charge is 0.492 e. The Labute approximate surface area is 272 Å². The number of ether oxygens (including phenoxy) is 4. The number of carbonyl (C=O) groups is 2. The molecule has 11 nitrogen and oxygen atoms in total. The molecule has 1 fully saturated rings. The summed E-state index contributed by atoms with van der Waals surface area (Å²) in [6.45, 7) is 4.82. The van der Waals surface area contributed by atoms with Gasteiger partial charge in [0.15, 0.2) is 0 Å². The lowest BCUT2D eigenvalue weighted by atomic mass is 9.72. The van der Waals surface area contributed by atoms with Gasteiger partial charge in [-0.05, 0) is 68.2 Å². The number of Topliss-reactive ketones (excluding diaryl/α,β-unsaturated/α-hetero) is 1. The maximum Gasteiger partial charge on any atom is 0.374 e. The van der Waals surface area contributed by atoms with Crippen molar-refractivity contribution >= 4 is 23.4 Å². The third-order valence-electron chi connectivity index (χ3n) is 9.25. The molecule has 4 N–H and O–H groups in total. The van der Waals surface area contributed by atoms with Crippen LogP contribution in [-0.2, 0) is 27.4 Å². The summed E-state index contributed by atoms with van der Waals surface area (Å²) in [6, 6.07) is 5.78. The number of hydrogen-bond donors (Lipinski definition) is 4. The van der Waals surface area contributed by atoms with Crippen molar-refractivity contribution < 1.29 is 49.0 Å². The molecule has 0 radical (unpaired) electrons. The van der Waals surface area contributed by atoms with Gasteiger partial charge in [-0.2, -0.15) is 0 Å². The average Bonchev–Trinajstić information content (AvgIpc) is 3.72. The fourth-order valence-corrected chi connectivity index (χ4v) is 6.82. The number of allylic oxidation sites excluding steroid dienone is 3. The molecule has 2 aromatic carbocycles. The second-order valence-corrected chi connectivity index (χ2v) is 12.8. The number of nitrogens with zero attached hydrogens (tertiary/aromatic N) is 1. The van der Waals surface area contributed by atoms with Crippen LogP contribution in [0.25, 0.3) is 11.6 Å². The summed E-state index contributed by atoms with van der Waals surface area (Å²) in [5, 5.41) is 43.4. The van der Waals surface area contributed by atoms with Gasteiger partial charge in [-0.1, -0.05) is 17.7 Å². The van der Waals surface area contributed by atoms with E-state index in [4.69, 9.17) is 18.9 Å². The molecule has 3 heterocycles. The van der Waals surface area contributed by atoms with Gasteiger partial charge in [0, 0.05) is 36.8 Å². The number of aliphatic hydroxyl groups excluding tert-OH is 3. The monoisotopic (exact) mass is 647 g/mol. The molecule has 1 aliphatic carbocycles. The van der Waals surface area contributed by atoms with Crippen LogP contribution in [0.15, 0.2) is 40.6 Å². The van der Waals surface area contributed by atoms with Crippen LogP contribution >= 0.6 is 0 Å². The van der Waals surface area contributed by atoms with Crippen molar-refractivity contribution in [2.45, 2.75) is 70.7 Å². The number of rotatable bonds is 10. The van der Waals surface area contributed by atoms with Crippen molar-refractivity contribution in [3.63, 3.8) is 0 Å². The van der Waals surface area contributed by atoms with E-state index in [2.05, 4.69) is 4.99 Å². The molecule has 2 aromatic rings. The normalized spacial score (nSPS) is 23.0. The highest BCUT2D eigenvalue weighted by Gasteiger charge is 2.44. The molecule has 3 unspecified atom stereocenters. The molecule has 6 rings (SSSR count). The van der Waals surface area contributed by atoms with Crippen molar-refractivity contribution in [3.05, 3.63) is 68.4 Å². The lowest BCUT2D eigenvalue weighted by Gasteiger charge is -2.33. The SMILES string of the molecule is CCOC(=O)C1=CC(=C2CC(CO)C(=O)C(c3ccc4c(c3)=CCN=4)C2)c2c(OCCCO)c3c(c(CO)c2O1)OC(C(C)(C)O)C3. The zero-order valence-corrected chi connectivity index (χ0v) is 26.9. The van der Waals surface area contributed by atoms with Crippen molar-refractivity contribution in [1.29, 1.82) is 0 Å². The highest BCUT2D eigenvalue weighted by Crippen LogP contribution is 2.55. The van der Waals surface area contributed by atoms with Crippen LogP contribution in [0.4, 0.5) is 0 Å². The van der Waals surface area contributed by atoms with Gasteiger partial charge in [0.2, 0.25) is 5.76 Å². The maximum atomic E-state index is 13.8. The minimum atomic E-state index is -1.24. The molecule has 250 valence electrons. The van der Waals surface area contributed by atoms with E-state index in [0.717, 1.165) is 21.7 Å². The molecular weight excluding hydrogens is 606 g/mol. The second kappa shape index (κ2) is 13.2. The highest BCUT2D eigenvalue weighted by atomic mass is 16.6. The van der Waals surface area contributed by atoms with Gasteiger partial charge in [-0.3, -0.25) is 9.79 Å². The van der Waals surface area contributed by atoms with Crippen molar-refractivity contribution in [1.82, 2.24) is 0 Å². The molecule has 0 aromatic heterocycles. The first kappa shape index (κ1) is 32.9. The Morgan fingerprint density at radius 1 is 1.13 bits per heavy atom. The van der Waals surface area contributed by atoms with Gasteiger partial charge in [-0.15, -0.1) is 0 Å². The molecule has 3 atom stereocenters. The van der Waals surface area contributed by atoms with E-state index >= 15 is 0 Å². The standard InChI is InChI=1S/C36H41NO10/c1-4-44-35(42)28-15-23(21-13-22(17-39)31(41)24(14-21)19-6-7-27-20(12-19)8-9-37-27)30-33(45-11-5-10-38)25-16-29(36(2,3)43)47-32(25)26(18-40)34(30)46-28/h6-8,12,15,22,24,29,38-40,43H,4-5,9-11,13-14,16-18H2,1-3H3. The van der Waals surface area contributed by atoms with Gasteiger partial charge in [0.1, 0.15) is 29.1 Å². The van der Waals surface area contributed by atoms with Gasteiger partial charge in [0.25, 0.3) is 0 Å². The minimum absolute atomic E-state index is 0.0700. The highest BCUT2D eigenvalue weighted by molar-refractivity contribution is 5.98. The Hall–Kier alpha value is -4.03. The molecule has 0 amide bonds. The summed E-state index contributed by atoms with van der Waals surface area (Å²) in [5.41, 5.74) is 2.30. The topological polar surface area (TPSA) is 164 Å². The molecule has 0 bridgehead atoms. The average molecular weight is 648 g/mol. The van der Waals surface area contributed by atoms with Crippen LogP contribution in [0.3, 0.4) is 0 Å². The van der Waals surface area contributed by atoms with Crippen LogP contribution in [0.1, 0.15) is 68.2 Å². The third kappa shape index (κ3) is 6.09. The second-order valence-electron chi connectivity index (χ2n) is 12.8. The first-order chi connectivity index (χ1) is 22.6. The van der Waals surface area contributed by atoms with E-state index in [0.29, 0.717) is 47.6 Å². The molecule has 0 saturated heterocycles. The number of fused-ring (bicyclic) bond motifs is 3. The molecular formula is C36H41NO10. The lowest BCUT2D eigenvalue weighted by molar-refractivity contribution is -0.141. The van der Waals surface area contributed by atoms with Crippen LogP contribution in [-0.4, -0.2) is 76.9 Å². The zero-order valence-electron chi connectivity index (χ0n) is 26.9. The summed E-state index contributed by atoms with van der Waals surface area (Å²) >= 11 is 0. The van der Waals surface area contributed by atoms with E-state index in [9.17, 15) is 30.0 Å². The van der Waals surface area contributed by atoms with E-state index in [-0.39, 0.29) is 62.1 Å². The quantitative estimate of drug-likeness (QED) is 0.221. The van der Waals surface area contributed by atoms with Gasteiger partial charge >= 0.3 is 5.97 Å². The van der Waals surface area contributed by atoms with E-state index in [1.165, 1.54) is 0 Å². The Morgan fingerprint density at radius 3 is 2.64 bits per heavy atom. The molecule has 1 saturated carbocycles. The molecule has 4 aliphatic rings. The van der Waals surface area contributed by atoms with Gasteiger partial charge in [0.05, 0.1) is 55.1 Å². The first-order valence-electron chi connectivity index (χ1n) is 16.1. The fraction of sp³-hybridized carbons (Fsp3) is 0.472. The summed E-state index contributed by atoms with van der Waals surface area (Å²) < 4.78 is 24.1. The van der Waals surface area contributed by atoms with Gasteiger partial charge in [-0.25, -0.2) is 4.79 Å². The lowest BCUT2D eigenvalue weighted by Crippen LogP contribution is -2.39. The number of benzene rings is 2. The summed E-state index contributed by atoms with van der Waals surface area (Å²) in [4.78, 5) is 31.4. The van der Waals surface area contributed by atoms with Crippen molar-refractivity contribution in [2.75, 3.05) is 33.0 Å². The zero-order chi connectivity index (χ0) is 33.5. The van der Waals surface area contributed by atoms with Crippen LogP contribution in [0.2, 0.25) is 0 Å². The molecule has 0 spiro atoms. The predicted molar refractivity (Wildman–Crippen MR) is 170 cm³/mol. The van der Waals surface area contributed by atoms with Crippen LogP contribution < -0.4 is 24.8 Å². The number of aliphatic hydroxyl groups is 4. The Bertz CT molecular complexity index is 1780. The predicted octanol–water partition coefficient (Wildman–Crippen LogP) is 1.78. The number of carbonyl (C=O) groups excluding carboxylic acids is 2. The van der Waals surface area contributed by atoms with Crippen molar-refractivity contribution in [3.8, 4) is 17.2 Å². The Kier molecular flexibility index (Phi) is 9.26. The Balaban J connectivity index is 1.59. The smallest absolute Gasteiger partial charge is 0.374 e. The minimum Gasteiger partial charge on any atom is -0.492 e. The third-order valence-corrected chi connectivity index (χ3v) is 9.25. The van der Waals surface area contributed by atoms with E-state index < -0.39 is 36.1 Å². The molecule has 47 heavy (non-hydrogen) atoms. The summed E-state index contributed by atoms with van der Waals surface area (Å²) in [6.07, 6.45) is 4.06. The summed E-state index contributed by atoms with van der Waals surface area (Å²) in [7, 11) is 0. The number of esters is 1. The molecule has 3 aliphatic heterocycles. The van der Waals surface area contributed by atoms with Crippen LogP contribution in [0, 0.1) is 5.92 Å². The van der Waals surface area contributed by atoms with Gasteiger partial charge < -0.3 is 39.4 Å².